The number of rotatable bonds is 1. The Kier molecular flexibility index (Phi) is 2.26. The summed E-state index contributed by atoms with van der Waals surface area (Å²) in [7, 11) is 0. The smallest absolute Gasteiger partial charge is 0.332 e. The molecule has 4 rings (SSSR count). The SMILES string of the molecule is Cc1nc2ccc(N3C(=O)N4CCC[C@@]4(C)C3=O)cc2o1. The molecule has 0 spiro atoms. The van der Waals surface area contributed by atoms with Crippen molar-refractivity contribution in [3.05, 3.63) is 24.1 Å². The minimum absolute atomic E-state index is 0.152. The first-order valence-corrected chi connectivity index (χ1v) is 7.04. The summed E-state index contributed by atoms with van der Waals surface area (Å²) in [4.78, 5) is 32.4. The van der Waals surface area contributed by atoms with E-state index in [1.807, 2.05) is 6.92 Å². The number of oxazole rings is 1. The van der Waals surface area contributed by atoms with Crippen LogP contribution in [0.3, 0.4) is 0 Å². The summed E-state index contributed by atoms with van der Waals surface area (Å²) >= 11 is 0. The Labute approximate surface area is 121 Å². The van der Waals surface area contributed by atoms with Gasteiger partial charge in [-0.2, -0.15) is 0 Å². The number of anilines is 1. The van der Waals surface area contributed by atoms with Crippen LogP contribution in [-0.2, 0) is 4.79 Å². The van der Waals surface area contributed by atoms with Gasteiger partial charge in [0.25, 0.3) is 5.91 Å². The lowest BCUT2D eigenvalue weighted by Crippen LogP contribution is -2.41. The van der Waals surface area contributed by atoms with E-state index in [1.165, 1.54) is 4.90 Å². The number of urea groups is 1. The van der Waals surface area contributed by atoms with Crippen LogP contribution < -0.4 is 4.90 Å². The third-order valence-corrected chi connectivity index (χ3v) is 4.46. The molecule has 0 bridgehead atoms. The van der Waals surface area contributed by atoms with E-state index in [0.717, 1.165) is 18.4 Å². The standard InChI is InChI=1S/C15H15N3O3/c1-9-16-11-5-4-10(8-12(11)21-9)18-13(19)15(2)6-3-7-17(15)14(18)20/h4-5,8H,3,6-7H2,1-2H3/t15-/m0/s1. The summed E-state index contributed by atoms with van der Waals surface area (Å²) in [5.74, 6) is 0.411. The first kappa shape index (κ1) is 12.4. The van der Waals surface area contributed by atoms with Crippen molar-refractivity contribution in [1.29, 1.82) is 0 Å². The molecule has 21 heavy (non-hydrogen) atoms. The number of aromatic nitrogens is 1. The van der Waals surface area contributed by atoms with Crippen molar-refractivity contribution < 1.29 is 14.0 Å². The van der Waals surface area contributed by atoms with E-state index in [4.69, 9.17) is 4.42 Å². The van der Waals surface area contributed by atoms with Crippen molar-refractivity contribution in [3.63, 3.8) is 0 Å². The Morgan fingerprint density at radius 2 is 2.14 bits per heavy atom. The molecule has 2 aromatic rings. The van der Waals surface area contributed by atoms with E-state index in [0.29, 0.717) is 23.7 Å². The van der Waals surface area contributed by atoms with Crippen LogP contribution in [0.25, 0.3) is 11.1 Å². The zero-order valence-corrected chi connectivity index (χ0v) is 11.9. The minimum Gasteiger partial charge on any atom is -0.441 e. The number of fused-ring (bicyclic) bond motifs is 2. The number of aryl methyl sites for hydroxylation is 1. The van der Waals surface area contributed by atoms with Crippen LogP contribution in [0.2, 0.25) is 0 Å². The molecule has 2 aliphatic heterocycles. The molecular formula is C15H15N3O3. The largest absolute Gasteiger partial charge is 0.441 e. The maximum absolute atomic E-state index is 12.7. The van der Waals surface area contributed by atoms with Crippen LogP contribution in [0.15, 0.2) is 22.6 Å². The van der Waals surface area contributed by atoms with Gasteiger partial charge in [-0.3, -0.25) is 4.79 Å². The van der Waals surface area contributed by atoms with Crippen LogP contribution in [0.5, 0.6) is 0 Å². The summed E-state index contributed by atoms with van der Waals surface area (Å²) in [5.41, 5.74) is 1.16. The van der Waals surface area contributed by atoms with Crippen LogP contribution >= 0.6 is 0 Å². The molecule has 1 aromatic heterocycles. The number of hydrogen-bond acceptors (Lipinski definition) is 4. The summed E-state index contributed by atoms with van der Waals surface area (Å²) in [6.45, 7) is 4.25. The molecule has 6 heteroatoms. The summed E-state index contributed by atoms with van der Waals surface area (Å²) in [6.07, 6.45) is 1.60. The second-order valence-corrected chi connectivity index (χ2v) is 5.84. The van der Waals surface area contributed by atoms with Gasteiger partial charge >= 0.3 is 6.03 Å². The molecule has 6 nitrogen and oxygen atoms in total. The second kappa shape index (κ2) is 3.84. The Morgan fingerprint density at radius 3 is 2.90 bits per heavy atom. The van der Waals surface area contributed by atoms with E-state index in [1.54, 1.807) is 30.0 Å². The van der Waals surface area contributed by atoms with Crippen molar-refractivity contribution in [1.82, 2.24) is 9.88 Å². The molecule has 0 saturated carbocycles. The van der Waals surface area contributed by atoms with Crippen LogP contribution in [0, 0.1) is 6.92 Å². The van der Waals surface area contributed by atoms with E-state index in [9.17, 15) is 9.59 Å². The fourth-order valence-electron chi connectivity index (χ4n) is 3.34. The van der Waals surface area contributed by atoms with Crippen molar-refractivity contribution in [3.8, 4) is 0 Å². The topological polar surface area (TPSA) is 66.7 Å². The number of imide groups is 1. The fourth-order valence-corrected chi connectivity index (χ4v) is 3.34. The Morgan fingerprint density at radius 1 is 1.33 bits per heavy atom. The van der Waals surface area contributed by atoms with E-state index in [2.05, 4.69) is 4.98 Å². The highest BCUT2D eigenvalue weighted by atomic mass is 16.3. The number of amides is 3. The van der Waals surface area contributed by atoms with Crippen LogP contribution in [0.4, 0.5) is 10.5 Å². The Balaban J connectivity index is 1.81. The van der Waals surface area contributed by atoms with E-state index in [-0.39, 0.29) is 11.9 Å². The molecule has 2 aliphatic rings. The molecular weight excluding hydrogens is 270 g/mol. The predicted octanol–water partition coefficient (Wildman–Crippen LogP) is 2.46. The lowest BCUT2D eigenvalue weighted by molar-refractivity contribution is -0.123. The number of carbonyl (C=O) groups is 2. The van der Waals surface area contributed by atoms with Crippen molar-refractivity contribution >= 4 is 28.7 Å². The van der Waals surface area contributed by atoms with Crippen molar-refractivity contribution in [2.24, 2.45) is 0 Å². The third kappa shape index (κ3) is 1.50. The average molecular weight is 285 g/mol. The highest BCUT2D eigenvalue weighted by Gasteiger charge is 2.56. The van der Waals surface area contributed by atoms with Crippen LogP contribution in [-0.4, -0.2) is 33.9 Å². The molecule has 1 aromatic carbocycles. The maximum Gasteiger partial charge on any atom is 0.332 e. The Bertz CT molecular complexity index is 782. The molecule has 0 aliphatic carbocycles. The molecule has 0 unspecified atom stereocenters. The highest BCUT2D eigenvalue weighted by Crippen LogP contribution is 2.39. The molecule has 2 saturated heterocycles. The number of carbonyl (C=O) groups excluding carboxylic acids is 2. The first-order valence-electron chi connectivity index (χ1n) is 7.04. The van der Waals surface area contributed by atoms with Gasteiger partial charge in [0.1, 0.15) is 11.1 Å². The average Bonchev–Trinajstić information content (AvgIpc) is 3.05. The molecule has 0 radical (unpaired) electrons. The lowest BCUT2D eigenvalue weighted by atomic mass is 9.99. The fraction of sp³-hybridized carbons (Fsp3) is 0.400. The van der Waals surface area contributed by atoms with Gasteiger partial charge < -0.3 is 9.32 Å². The zero-order valence-electron chi connectivity index (χ0n) is 11.9. The van der Waals surface area contributed by atoms with Crippen LogP contribution in [0.1, 0.15) is 25.7 Å². The van der Waals surface area contributed by atoms with Gasteiger partial charge in [-0.25, -0.2) is 14.7 Å². The van der Waals surface area contributed by atoms with E-state index < -0.39 is 5.54 Å². The second-order valence-electron chi connectivity index (χ2n) is 5.84. The summed E-state index contributed by atoms with van der Waals surface area (Å²) in [6, 6.07) is 4.98. The van der Waals surface area contributed by atoms with Gasteiger partial charge in [0.2, 0.25) is 0 Å². The molecule has 2 fully saturated rings. The maximum atomic E-state index is 12.7. The molecule has 1 atom stereocenters. The lowest BCUT2D eigenvalue weighted by Gasteiger charge is -2.22. The first-order chi connectivity index (χ1) is 10.0. The monoisotopic (exact) mass is 285 g/mol. The van der Waals surface area contributed by atoms with Crippen molar-refractivity contribution in [2.75, 3.05) is 11.4 Å². The number of benzene rings is 1. The normalized spacial score (nSPS) is 25.2. The predicted molar refractivity (Wildman–Crippen MR) is 76.0 cm³/mol. The molecule has 108 valence electrons. The zero-order chi connectivity index (χ0) is 14.8. The van der Waals surface area contributed by atoms with Gasteiger partial charge in [0, 0.05) is 19.5 Å². The summed E-state index contributed by atoms with van der Waals surface area (Å²) < 4.78 is 5.48. The van der Waals surface area contributed by atoms with Gasteiger partial charge in [0.05, 0.1) is 5.69 Å². The third-order valence-electron chi connectivity index (χ3n) is 4.46. The number of nitrogens with zero attached hydrogens (tertiary/aromatic N) is 3. The van der Waals surface area contributed by atoms with Gasteiger partial charge in [0.15, 0.2) is 11.5 Å². The van der Waals surface area contributed by atoms with E-state index >= 15 is 0 Å². The van der Waals surface area contributed by atoms with Gasteiger partial charge in [-0.05, 0) is 31.9 Å². The minimum atomic E-state index is -0.691. The Hall–Kier alpha value is -2.37. The number of hydrogen-bond donors (Lipinski definition) is 0. The molecule has 3 heterocycles. The quantitative estimate of drug-likeness (QED) is 0.755. The van der Waals surface area contributed by atoms with Gasteiger partial charge in [-0.15, -0.1) is 0 Å². The molecule has 3 amide bonds. The van der Waals surface area contributed by atoms with Crippen molar-refractivity contribution in [2.45, 2.75) is 32.2 Å². The summed E-state index contributed by atoms with van der Waals surface area (Å²) in [5, 5.41) is 0. The highest BCUT2D eigenvalue weighted by molar-refractivity contribution is 6.23. The van der Waals surface area contributed by atoms with Gasteiger partial charge in [-0.1, -0.05) is 0 Å². The molecule has 0 N–H and O–H groups in total.